The monoisotopic (exact) mass is 662 g/mol. The van der Waals surface area contributed by atoms with Crippen LogP contribution in [0.2, 0.25) is 0 Å². The Morgan fingerprint density at radius 2 is 1.38 bits per heavy atom. The van der Waals surface area contributed by atoms with Crippen molar-refractivity contribution in [3.8, 4) is 5.75 Å². The summed E-state index contributed by atoms with van der Waals surface area (Å²) in [7, 11) is 0. The van der Waals surface area contributed by atoms with Crippen LogP contribution in [0.4, 0.5) is 0 Å². The minimum absolute atomic E-state index is 0.0334. The van der Waals surface area contributed by atoms with Gasteiger partial charge in [-0.15, -0.1) is 0 Å². The highest BCUT2D eigenvalue weighted by molar-refractivity contribution is 5.95. The molecule has 258 valence electrons. The number of phenolic OH excluding ortho intramolecular Hbond substituents is 1. The van der Waals surface area contributed by atoms with Gasteiger partial charge in [0.25, 0.3) is 0 Å². The van der Waals surface area contributed by atoms with E-state index in [2.05, 4.69) is 36.6 Å². The minimum atomic E-state index is -1.55. The van der Waals surface area contributed by atoms with Crippen molar-refractivity contribution in [3.05, 3.63) is 48.0 Å². The van der Waals surface area contributed by atoms with E-state index in [-0.39, 0.29) is 30.9 Å². The third kappa shape index (κ3) is 13.1. The van der Waals surface area contributed by atoms with E-state index in [9.17, 15) is 49.2 Å². The van der Waals surface area contributed by atoms with Gasteiger partial charge in [-0.1, -0.05) is 26.0 Å². The molecule has 0 spiro atoms. The molecule has 1 aromatic heterocycles. The molecule has 0 radical (unpaired) electrons. The van der Waals surface area contributed by atoms with Gasteiger partial charge in [0.15, 0.2) is 0 Å². The number of carbonyl (C=O) groups excluding carboxylic acids is 5. The van der Waals surface area contributed by atoms with Crippen LogP contribution in [-0.4, -0.2) is 116 Å². The number of benzene rings is 1. The first-order chi connectivity index (χ1) is 22.2. The van der Waals surface area contributed by atoms with Gasteiger partial charge in [-0.05, 0) is 36.5 Å². The van der Waals surface area contributed by atoms with Gasteiger partial charge < -0.3 is 57.7 Å². The van der Waals surface area contributed by atoms with E-state index in [1.54, 1.807) is 26.0 Å². The van der Waals surface area contributed by atoms with Gasteiger partial charge in [0.2, 0.25) is 29.5 Å². The number of carboxylic acid groups (broad SMARTS) is 1. The lowest BCUT2D eigenvalue weighted by molar-refractivity contribution is -0.143. The van der Waals surface area contributed by atoms with Crippen LogP contribution in [0.5, 0.6) is 5.75 Å². The number of imidazole rings is 1. The first kappa shape index (κ1) is 38.1. The maximum atomic E-state index is 13.1. The van der Waals surface area contributed by atoms with Gasteiger partial charge in [-0.2, -0.15) is 0 Å². The Morgan fingerprint density at radius 3 is 1.94 bits per heavy atom. The van der Waals surface area contributed by atoms with E-state index < -0.39 is 85.5 Å². The van der Waals surface area contributed by atoms with Crippen LogP contribution >= 0.6 is 0 Å². The number of aliphatic hydroxyl groups is 2. The smallest absolute Gasteiger partial charge is 0.326 e. The van der Waals surface area contributed by atoms with Crippen molar-refractivity contribution in [2.45, 2.75) is 63.3 Å². The predicted octanol–water partition coefficient (Wildman–Crippen LogP) is -3.60. The molecule has 0 unspecified atom stereocenters. The molecule has 5 amide bonds. The lowest BCUT2D eigenvalue weighted by atomic mass is 10.0. The van der Waals surface area contributed by atoms with Crippen LogP contribution in [0.3, 0.4) is 0 Å². The number of rotatable bonds is 19. The number of carboxylic acids is 1. The van der Waals surface area contributed by atoms with E-state index in [0.717, 1.165) is 0 Å². The van der Waals surface area contributed by atoms with Crippen molar-refractivity contribution in [1.29, 1.82) is 0 Å². The zero-order valence-corrected chi connectivity index (χ0v) is 25.9. The summed E-state index contributed by atoms with van der Waals surface area (Å²) in [5.41, 5.74) is 6.96. The van der Waals surface area contributed by atoms with Crippen LogP contribution in [0, 0.1) is 5.92 Å². The molecule has 1 aromatic carbocycles. The fourth-order valence-corrected chi connectivity index (χ4v) is 4.24. The van der Waals surface area contributed by atoms with Crippen LogP contribution in [-0.2, 0) is 41.6 Å². The number of amides is 5. The number of nitrogens with zero attached hydrogens (tertiary/aromatic N) is 1. The van der Waals surface area contributed by atoms with Crippen LogP contribution in [0.15, 0.2) is 36.8 Å². The average molecular weight is 663 g/mol. The third-order valence-corrected chi connectivity index (χ3v) is 6.74. The van der Waals surface area contributed by atoms with Crippen molar-refractivity contribution >= 4 is 35.5 Å². The number of H-pyrrole nitrogens is 1. The number of aliphatic carboxylic acids is 1. The molecule has 18 nitrogen and oxygen atoms in total. The van der Waals surface area contributed by atoms with Gasteiger partial charge in [-0.3, -0.25) is 24.0 Å². The van der Waals surface area contributed by atoms with Crippen molar-refractivity contribution in [2.75, 3.05) is 19.8 Å². The molecular formula is C29H42N8O10. The quantitative estimate of drug-likeness (QED) is 0.0695. The fourth-order valence-electron chi connectivity index (χ4n) is 4.24. The van der Waals surface area contributed by atoms with E-state index in [1.165, 1.54) is 24.7 Å². The Kier molecular flexibility index (Phi) is 15.2. The number of nitrogens with one attached hydrogen (secondary N) is 6. The lowest BCUT2D eigenvalue weighted by Gasteiger charge is -2.24. The maximum absolute atomic E-state index is 13.1. The summed E-state index contributed by atoms with van der Waals surface area (Å²) in [4.78, 5) is 81.9. The number of hydrogen-bond acceptors (Lipinski definition) is 11. The molecule has 0 saturated heterocycles. The molecule has 0 bridgehead atoms. The van der Waals surface area contributed by atoms with Crippen LogP contribution < -0.4 is 32.3 Å². The van der Waals surface area contributed by atoms with Crippen molar-refractivity contribution in [3.63, 3.8) is 0 Å². The lowest BCUT2D eigenvalue weighted by Crippen LogP contribution is -2.58. The molecule has 0 aliphatic rings. The number of aromatic hydroxyl groups is 1. The topological polar surface area (TPSA) is 298 Å². The standard InChI is InChI=1S/C29H42N8O10/c1-15(2)7-21(29(46)47)35-28(45)23(13-39)37-27(44)20(9-17-10-31-14-33-17)34-24(41)11-32-26(43)22(12-38)36-25(42)19(30)8-16-3-5-18(40)6-4-16/h3-6,10,14-15,19-23,38-40H,7-9,11-13,30H2,1-2H3,(H,31,33)(H,32,43)(H,34,41)(H,35,45)(H,36,42)(H,37,44)(H,46,47)/t19-,20-,21-,22-,23-/m0/s1. The Morgan fingerprint density at radius 1 is 0.809 bits per heavy atom. The molecule has 2 aromatic rings. The summed E-state index contributed by atoms with van der Waals surface area (Å²) in [6.45, 7) is 1.14. The first-order valence-electron chi connectivity index (χ1n) is 14.7. The third-order valence-electron chi connectivity index (χ3n) is 6.74. The number of nitrogens with two attached hydrogens (primary N) is 1. The molecule has 0 aliphatic heterocycles. The van der Waals surface area contributed by atoms with E-state index in [1.807, 2.05) is 0 Å². The van der Waals surface area contributed by atoms with Gasteiger partial charge in [0.1, 0.15) is 29.9 Å². The first-order valence-corrected chi connectivity index (χ1v) is 14.7. The number of carbonyl (C=O) groups is 6. The normalized spacial score (nSPS) is 14.2. The summed E-state index contributed by atoms with van der Waals surface area (Å²) < 4.78 is 0. The second kappa shape index (κ2) is 18.8. The Bertz CT molecular complexity index is 1350. The molecule has 18 heteroatoms. The summed E-state index contributed by atoms with van der Waals surface area (Å²) in [5, 5.41) is 49.7. The molecule has 47 heavy (non-hydrogen) atoms. The number of aliphatic hydroxyl groups excluding tert-OH is 2. The van der Waals surface area contributed by atoms with E-state index >= 15 is 0 Å². The number of phenols is 1. The van der Waals surface area contributed by atoms with E-state index in [4.69, 9.17) is 5.73 Å². The van der Waals surface area contributed by atoms with Gasteiger partial charge in [-0.25, -0.2) is 9.78 Å². The highest BCUT2D eigenvalue weighted by atomic mass is 16.4. The largest absolute Gasteiger partial charge is 0.508 e. The second-order valence-electron chi connectivity index (χ2n) is 11.1. The van der Waals surface area contributed by atoms with Gasteiger partial charge >= 0.3 is 5.97 Å². The number of aromatic amines is 1. The number of hydrogen-bond donors (Lipinski definition) is 11. The fraction of sp³-hybridized carbons (Fsp3) is 0.483. The summed E-state index contributed by atoms with van der Waals surface area (Å²) in [6.07, 6.45) is 2.74. The molecular weight excluding hydrogens is 620 g/mol. The summed E-state index contributed by atoms with van der Waals surface area (Å²) in [5.74, 6) is -5.74. The van der Waals surface area contributed by atoms with Crippen LogP contribution in [0.1, 0.15) is 31.5 Å². The molecule has 0 fully saturated rings. The SMILES string of the molecule is CC(C)C[C@H](NC(=O)[C@H](CO)NC(=O)[C@H](Cc1cnc[nH]1)NC(=O)CNC(=O)[C@H](CO)NC(=O)[C@@H](N)Cc1ccc(O)cc1)C(=O)O. The summed E-state index contributed by atoms with van der Waals surface area (Å²) in [6, 6.07) is -0.736. The molecule has 12 N–H and O–H groups in total. The Labute approximate surface area is 269 Å². The second-order valence-corrected chi connectivity index (χ2v) is 11.1. The van der Waals surface area contributed by atoms with Crippen molar-refractivity contribution in [1.82, 2.24) is 36.6 Å². The molecule has 1 heterocycles. The molecule has 5 atom stereocenters. The zero-order valence-electron chi connectivity index (χ0n) is 25.9. The van der Waals surface area contributed by atoms with E-state index in [0.29, 0.717) is 11.3 Å². The molecule has 0 aliphatic carbocycles. The molecule has 2 rings (SSSR count). The van der Waals surface area contributed by atoms with Gasteiger partial charge in [0.05, 0.1) is 32.1 Å². The van der Waals surface area contributed by atoms with Crippen molar-refractivity contribution < 1.29 is 49.2 Å². The summed E-state index contributed by atoms with van der Waals surface area (Å²) >= 11 is 0. The maximum Gasteiger partial charge on any atom is 0.326 e. The van der Waals surface area contributed by atoms with Crippen molar-refractivity contribution in [2.24, 2.45) is 11.7 Å². The Balaban J connectivity index is 2.00. The predicted molar refractivity (Wildman–Crippen MR) is 164 cm³/mol. The molecule has 0 saturated carbocycles. The highest BCUT2D eigenvalue weighted by Gasteiger charge is 2.30. The van der Waals surface area contributed by atoms with Crippen LogP contribution in [0.25, 0.3) is 0 Å². The number of aromatic nitrogens is 2. The average Bonchev–Trinajstić information content (AvgIpc) is 3.54. The zero-order chi connectivity index (χ0) is 35.1. The minimum Gasteiger partial charge on any atom is -0.508 e. The highest BCUT2D eigenvalue weighted by Crippen LogP contribution is 2.11. The Hall–Kier alpha value is -5.07. The van der Waals surface area contributed by atoms with Gasteiger partial charge in [0, 0.05) is 18.3 Å².